The van der Waals surface area contributed by atoms with Crippen molar-refractivity contribution in [3.05, 3.63) is 47.0 Å². The van der Waals surface area contributed by atoms with Crippen molar-refractivity contribution in [1.29, 1.82) is 10.5 Å². The van der Waals surface area contributed by atoms with Crippen molar-refractivity contribution < 1.29 is 9.53 Å². The summed E-state index contributed by atoms with van der Waals surface area (Å²) in [5.74, 6) is 0.331. The van der Waals surface area contributed by atoms with Gasteiger partial charge in [-0.15, -0.1) is 11.3 Å². The lowest BCUT2D eigenvalue weighted by Crippen LogP contribution is -2.13. The lowest BCUT2D eigenvalue weighted by molar-refractivity contribution is 0.155. The Morgan fingerprint density at radius 1 is 1.32 bits per heavy atom. The number of hydrogen-bond acceptors (Lipinski definition) is 6. The van der Waals surface area contributed by atoms with E-state index >= 15 is 0 Å². The van der Waals surface area contributed by atoms with E-state index in [1.807, 2.05) is 49.6 Å². The van der Waals surface area contributed by atoms with Crippen LogP contribution in [0.3, 0.4) is 0 Å². The van der Waals surface area contributed by atoms with Gasteiger partial charge in [0, 0.05) is 11.8 Å². The lowest BCUT2D eigenvalue weighted by atomic mass is 10.0. The first-order chi connectivity index (χ1) is 12.0. The molecule has 2 rings (SSSR count). The van der Waals surface area contributed by atoms with Gasteiger partial charge in [-0.05, 0) is 23.5 Å². The molecular weight excluding hydrogens is 354 g/mol. The van der Waals surface area contributed by atoms with Crippen molar-refractivity contribution in [2.45, 2.75) is 31.1 Å². The molecule has 0 saturated heterocycles. The number of nitrogens with one attached hydrogen (secondary N) is 1. The molecule has 0 radical (unpaired) electrons. The largest absolute Gasteiger partial charge is 0.444 e. The van der Waals surface area contributed by atoms with E-state index in [-0.39, 0.29) is 6.61 Å². The van der Waals surface area contributed by atoms with Gasteiger partial charge in [-0.25, -0.2) is 4.79 Å². The minimum absolute atomic E-state index is 0.151. The monoisotopic (exact) mass is 371 g/mol. The maximum absolute atomic E-state index is 12.0. The van der Waals surface area contributed by atoms with Gasteiger partial charge in [-0.1, -0.05) is 44.2 Å². The van der Waals surface area contributed by atoms with E-state index in [0.29, 0.717) is 22.9 Å². The third-order valence-electron chi connectivity index (χ3n) is 3.26. The van der Waals surface area contributed by atoms with Gasteiger partial charge in [0.25, 0.3) is 0 Å². The van der Waals surface area contributed by atoms with Crippen LogP contribution in [0.2, 0.25) is 0 Å². The highest BCUT2D eigenvalue weighted by molar-refractivity contribution is 8.05. The average molecular weight is 371 g/mol. The number of thiocyanates is 1. The number of benzene rings is 1. The van der Waals surface area contributed by atoms with Gasteiger partial charge >= 0.3 is 6.09 Å². The summed E-state index contributed by atoms with van der Waals surface area (Å²) >= 11 is 2.25. The second kappa shape index (κ2) is 9.12. The Kier molecular flexibility index (Phi) is 6.88. The van der Waals surface area contributed by atoms with Crippen LogP contribution in [0.5, 0.6) is 0 Å². The van der Waals surface area contributed by atoms with E-state index in [4.69, 9.17) is 10.00 Å². The molecule has 7 heteroatoms. The highest BCUT2D eigenvalue weighted by atomic mass is 32.2. The molecule has 0 bridgehead atoms. The molecular formula is C18H17N3O2S2. The summed E-state index contributed by atoms with van der Waals surface area (Å²) in [5, 5.41) is 23.6. The van der Waals surface area contributed by atoms with E-state index in [2.05, 4.69) is 11.4 Å². The fourth-order valence-corrected chi connectivity index (χ4v) is 4.04. The molecule has 0 aliphatic rings. The summed E-state index contributed by atoms with van der Waals surface area (Å²) in [5.41, 5.74) is 2.10. The molecule has 25 heavy (non-hydrogen) atoms. The molecule has 0 aliphatic carbocycles. The van der Waals surface area contributed by atoms with Crippen molar-refractivity contribution in [3.8, 4) is 11.5 Å². The molecule has 1 heterocycles. The van der Waals surface area contributed by atoms with E-state index in [1.165, 1.54) is 11.3 Å². The first-order valence-corrected chi connectivity index (χ1v) is 9.27. The van der Waals surface area contributed by atoms with Crippen LogP contribution in [0.25, 0.3) is 0 Å². The first kappa shape index (κ1) is 18.9. The predicted octanol–water partition coefficient (Wildman–Crippen LogP) is 5.14. The number of rotatable bonds is 6. The van der Waals surface area contributed by atoms with Gasteiger partial charge in [-0.2, -0.15) is 10.5 Å². The summed E-state index contributed by atoms with van der Waals surface area (Å²) in [4.78, 5) is 12.0. The summed E-state index contributed by atoms with van der Waals surface area (Å²) in [6.07, 6.45) is 0.0515. The molecule has 1 N–H and O–H groups in total. The fourth-order valence-electron chi connectivity index (χ4n) is 2.22. The van der Waals surface area contributed by atoms with Crippen LogP contribution in [-0.4, -0.2) is 6.09 Å². The quantitative estimate of drug-likeness (QED) is 0.561. The van der Waals surface area contributed by atoms with Gasteiger partial charge in [-0.3, -0.25) is 5.32 Å². The van der Waals surface area contributed by atoms with Crippen LogP contribution in [0, 0.1) is 27.9 Å². The smallest absolute Gasteiger partial charge is 0.412 e. The minimum atomic E-state index is -0.619. The zero-order chi connectivity index (χ0) is 18.2. The Morgan fingerprint density at radius 3 is 2.64 bits per heavy atom. The molecule has 0 aliphatic heterocycles. The summed E-state index contributed by atoms with van der Waals surface area (Å²) in [6, 6.07) is 11.5. The second-order valence-corrected chi connectivity index (χ2v) is 7.74. The number of carbonyl (C=O) groups excluding carboxylic acids is 1. The molecule has 5 nitrogen and oxygen atoms in total. The van der Waals surface area contributed by atoms with Crippen LogP contribution in [0.4, 0.5) is 9.80 Å². The van der Waals surface area contributed by atoms with Crippen molar-refractivity contribution in [2.24, 2.45) is 5.92 Å². The first-order valence-electron chi connectivity index (χ1n) is 7.64. The van der Waals surface area contributed by atoms with Crippen molar-refractivity contribution in [2.75, 3.05) is 5.32 Å². The molecule has 1 aromatic heterocycles. The zero-order valence-corrected chi connectivity index (χ0v) is 15.5. The third kappa shape index (κ3) is 5.25. The topological polar surface area (TPSA) is 85.9 Å². The number of amides is 1. The molecule has 0 saturated carbocycles. The Labute approximate surface area is 155 Å². The summed E-state index contributed by atoms with van der Waals surface area (Å²) in [6.45, 7) is 4.24. The van der Waals surface area contributed by atoms with Gasteiger partial charge in [0.2, 0.25) is 0 Å². The Bertz CT molecular complexity index is 817. The maximum atomic E-state index is 12.0. The summed E-state index contributed by atoms with van der Waals surface area (Å²) < 4.78 is 5.94. The van der Waals surface area contributed by atoms with Crippen LogP contribution < -0.4 is 5.32 Å². The fraction of sp³-hybridized carbons (Fsp3) is 0.278. The maximum Gasteiger partial charge on any atom is 0.412 e. The number of hydrogen-bond donors (Lipinski definition) is 1. The van der Waals surface area contributed by atoms with Crippen molar-refractivity contribution in [1.82, 2.24) is 0 Å². The number of thiophene rings is 1. The van der Waals surface area contributed by atoms with Gasteiger partial charge in [0.15, 0.2) is 0 Å². The SMILES string of the molecule is CC(C)Cc1c(SC#N)sc(NC(=O)OCc2ccccc2)c1C#N. The van der Waals surface area contributed by atoms with E-state index < -0.39 is 6.09 Å². The molecule has 0 unspecified atom stereocenters. The highest BCUT2D eigenvalue weighted by Gasteiger charge is 2.21. The van der Waals surface area contributed by atoms with Crippen LogP contribution >= 0.6 is 23.1 Å². The molecule has 0 spiro atoms. The van der Waals surface area contributed by atoms with Gasteiger partial charge in [0.05, 0.1) is 9.77 Å². The van der Waals surface area contributed by atoms with Crippen LogP contribution in [0.15, 0.2) is 34.5 Å². The van der Waals surface area contributed by atoms with Crippen molar-refractivity contribution in [3.63, 3.8) is 0 Å². The van der Waals surface area contributed by atoms with E-state index in [1.54, 1.807) is 0 Å². The Hall–Kier alpha value is -2.48. The number of nitrogens with zero attached hydrogens (tertiary/aromatic N) is 2. The Balaban J connectivity index is 2.14. The number of thioether (sulfide) groups is 1. The normalized spacial score (nSPS) is 10.1. The molecule has 0 fully saturated rings. The minimum Gasteiger partial charge on any atom is -0.444 e. The highest BCUT2D eigenvalue weighted by Crippen LogP contribution is 2.40. The number of ether oxygens (including phenoxy) is 1. The predicted molar refractivity (Wildman–Crippen MR) is 99.3 cm³/mol. The van der Waals surface area contributed by atoms with Crippen LogP contribution in [-0.2, 0) is 17.8 Å². The third-order valence-corrected chi connectivity index (χ3v) is 5.23. The number of nitriles is 2. The Morgan fingerprint density at radius 2 is 2.04 bits per heavy atom. The van der Waals surface area contributed by atoms with E-state index in [0.717, 1.165) is 27.1 Å². The zero-order valence-electron chi connectivity index (χ0n) is 13.9. The molecule has 128 valence electrons. The standard InChI is InChI=1S/C18H17N3O2S2/c1-12(2)8-14-15(9-19)16(25-17(14)24-11-20)21-18(22)23-10-13-6-4-3-5-7-13/h3-7,12H,8,10H2,1-2H3,(H,21,22). The number of anilines is 1. The van der Waals surface area contributed by atoms with Gasteiger partial charge < -0.3 is 4.74 Å². The summed E-state index contributed by atoms with van der Waals surface area (Å²) in [7, 11) is 0. The molecule has 0 atom stereocenters. The molecule has 1 amide bonds. The number of carbonyl (C=O) groups is 1. The van der Waals surface area contributed by atoms with Gasteiger partial charge in [0.1, 0.15) is 23.1 Å². The lowest BCUT2D eigenvalue weighted by Gasteiger charge is -2.07. The molecule has 1 aromatic carbocycles. The average Bonchev–Trinajstić information content (AvgIpc) is 2.90. The second-order valence-electron chi connectivity index (χ2n) is 5.66. The van der Waals surface area contributed by atoms with Crippen LogP contribution in [0.1, 0.15) is 30.5 Å². The molecule has 2 aromatic rings. The van der Waals surface area contributed by atoms with Crippen molar-refractivity contribution >= 4 is 34.2 Å². The van der Waals surface area contributed by atoms with E-state index in [9.17, 15) is 10.1 Å².